The molecular weight excluding hydrogens is 254 g/mol. The molecule has 0 fully saturated rings. The summed E-state index contributed by atoms with van der Waals surface area (Å²) in [6.45, 7) is 0. The van der Waals surface area contributed by atoms with Gasteiger partial charge in [0.25, 0.3) is 0 Å². The average Bonchev–Trinajstić information content (AvgIpc) is 2.49. The van der Waals surface area contributed by atoms with Crippen molar-refractivity contribution in [3.8, 4) is 17.6 Å². The zero-order valence-corrected chi connectivity index (χ0v) is 11.7. The van der Waals surface area contributed by atoms with Crippen LogP contribution >= 0.6 is 0 Å². The Labute approximate surface area is 118 Å². The van der Waals surface area contributed by atoms with Gasteiger partial charge in [-0.2, -0.15) is 5.26 Å². The van der Waals surface area contributed by atoms with Crippen LogP contribution in [0.25, 0.3) is 0 Å². The van der Waals surface area contributed by atoms with Gasteiger partial charge in [0.15, 0.2) is 17.3 Å². The monoisotopic (exact) mass is 271 g/mol. The minimum Gasteiger partial charge on any atom is -0.493 e. The summed E-state index contributed by atoms with van der Waals surface area (Å²) >= 11 is 0. The van der Waals surface area contributed by atoms with E-state index < -0.39 is 5.41 Å². The van der Waals surface area contributed by atoms with Gasteiger partial charge in [-0.3, -0.25) is 4.79 Å². The Hall–Kier alpha value is -2.28. The van der Waals surface area contributed by atoms with Crippen LogP contribution in [0, 0.1) is 11.3 Å². The Morgan fingerprint density at radius 2 is 2.05 bits per heavy atom. The number of benzene rings is 1. The van der Waals surface area contributed by atoms with Gasteiger partial charge in [-0.05, 0) is 30.2 Å². The normalized spacial score (nSPS) is 21.4. The van der Waals surface area contributed by atoms with E-state index in [1.165, 1.54) is 0 Å². The van der Waals surface area contributed by atoms with Gasteiger partial charge in [-0.25, -0.2) is 0 Å². The number of hydrogen-bond donors (Lipinski definition) is 0. The van der Waals surface area contributed by atoms with Crippen molar-refractivity contribution in [1.82, 2.24) is 0 Å². The lowest BCUT2D eigenvalue weighted by molar-refractivity contribution is -0.115. The molecule has 0 saturated heterocycles. The van der Waals surface area contributed by atoms with Gasteiger partial charge in [0.2, 0.25) is 0 Å². The molecule has 1 atom stereocenters. The zero-order chi connectivity index (χ0) is 14.6. The third-order valence-corrected chi connectivity index (χ3v) is 3.76. The first-order valence-corrected chi connectivity index (χ1v) is 6.47. The molecule has 1 aromatic carbocycles. The molecule has 1 unspecified atom stereocenters. The number of carbonyl (C=O) groups is 1. The summed E-state index contributed by atoms with van der Waals surface area (Å²) in [4.78, 5) is 11.4. The highest BCUT2D eigenvalue weighted by Crippen LogP contribution is 2.40. The molecule has 0 spiro atoms. The number of rotatable bonds is 4. The SMILES string of the molecule is COc1ccc(C2(CC#N)C=CC(=O)CC2)cc1OC. The van der Waals surface area contributed by atoms with E-state index in [1.807, 2.05) is 24.3 Å². The second kappa shape index (κ2) is 5.79. The second-order valence-electron chi connectivity index (χ2n) is 4.86. The third kappa shape index (κ3) is 2.53. The first-order valence-electron chi connectivity index (χ1n) is 6.47. The van der Waals surface area contributed by atoms with E-state index in [1.54, 1.807) is 20.3 Å². The molecule has 1 aromatic rings. The highest BCUT2D eigenvalue weighted by atomic mass is 16.5. The summed E-state index contributed by atoms with van der Waals surface area (Å²) in [5, 5.41) is 9.11. The van der Waals surface area contributed by atoms with Crippen LogP contribution in [0.2, 0.25) is 0 Å². The molecule has 2 rings (SSSR count). The molecule has 0 aromatic heterocycles. The highest BCUT2D eigenvalue weighted by molar-refractivity contribution is 5.91. The summed E-state index contributed by atoms with van der Waals surface area (Å²) in [6, 6.07) is 7.87. The Bertz CT molecular complexity index is 586. The first-order chi connectivity index (χ1) is 9.65. The van der Waals surface area contributed by atoms with Crippen LogP contribution in [0.4, 0.5) is 0 Å². The van der Waals surface area contributed by atoms with Crippen LogP contribution in [0.5, 0.6) is 11.5 Å². The molecule has 1 aliphatic carbocycles. The molecule has 4 nitrogen and oxygen atoms in total. The molecule has 1 aliphatic rings. The Kier molecular flexibility index (Phi) is 4.09. The second-order valence-corrected chi connectivity index (χ2v) is 4.86. The predicted molar refractivity (Wildman–Crippen MR) is 74.8 cm³/mol. The van der Waals surface area contributed by atoms with E-state index in [2.05, 4.69) is 6.07 Å². The van der Waals surface area contributed by atoms with E-state index in [9.17, 15) is 4.79 Å². The lowest BCUT2D eigenvalue weighted by atomic mass is 9.71. The Morgan fingerprint density at radius 3 is 2.60 bits per heavy atom. The lowest BCUT2D eigenvalue weighted by Crippen LogP contribution is -2.27. The van der Waals surface area contributed by atoms with Crippen molar-refractivity contribution in [3.05, 3.63) is 35.9 Å². The van der Waals surface area contributed by atoms with Crippen molar-refractivity contribution >= 4 is 5.78 Å². The van der Waals surface area contributed by atoms with Crippen molar-refractivity contribution in [3.63, 3.8) is 0 Å². The van der Waals surface area contributed by atoms with Crippen molar-refractivity contribution in [2.75, 3.05) is 14.2 Å². The molecule has 0 amide bonds. The quantitative estimate of drug-likeness (QED) is 0.844. The highest BCUT2D eigenvalue weighted by Gasteiger charge is 2.33. The summed E-state index contributed by atoms with van der Waals surface area (Å²) in [6.07, 6.45) is 4.88. The van der Waals surface area contributed by atoms with Gasteiger partial charge in [-0.1, -0.05) is 12.1 Å². The predicted octanol–water partition coefficient (Wildman–Crippen LogP) is 2.77. The largest absolute Gasteiger partial charge is 0.493 e. The molecular formula is C16H17NO3. The number of ketones is 1. The Morgan fingerprint density at radius 1 is 1.30 bits per heavy atom. The average molecular weight is 271 g/mol. The maximum Gasteiger partial charge on any atom is 0.161 e. The molecule has 0 N–H and O–H groups in total. The number of hydrogen-bond acceptors (Lipinski definition) is 4. The van der Waals surface area contributed by atoms with Crippen LogP contribution in [0.15, 0.2) is 30.4 Å². The van der Waals surface area contributed by atoms with Gasteiger partial charge in [0.1, 0.15) is 0 Å². The van der Waals surface area contributed by atoms with E-state index in [0.717, 1.165) is 5.56 Å². The number of methoxy groups -OCH3 is 2. The summed E-state index contributed by atoms with van der Waals surface area (Å²) in [5.41, 5.74) is 0.558. The van der Waals surface area contributed by atoms with Crippen LogP contribution in [-0.4, -0.2) is 20.0 Å². The number of nitrogens with zero attached hydrogens (tertiary/aromatic N) is 1. The number of nitriles is 1. The Balaban J connectivity index is 2.48. The van der Waals surface area contributed by atoms with Gasteiger partial charge >= 0.3 is 0 Å². The summed E-state index contributed by atoms with van der Waals surface area (Å²) in [7, 11) is 3.17. The summed E-state index contributed by atoms with van der Waals surface area (Å²) < 4.78 is 10.5. The van der Waals surface area contributed by atoms with Crippen LogP contribution < -0.4 is 9.47 Å². The van der Waals surface area contributed by atoms with E-state index in [4.69, 9.17) is 14.7 Å². The standard InChI is InChI=1S/C16H17NO3/c1-19-14-4-3-12(11-15(14)20-2)16(9-10-17)7-5-13(18)6-8-16/h3-5,7,11H,6,8-9H2,1-2H3. The van der Waals surface area contributed by atoms with Crippen molar-refractivity contribution in [2.45, 2.75) is 24.7 Å². The number of ether oxygens (including phenoxy) is 2. The molecule has 4 heteroatoms. The maximum absolute atomic E-state index is 11.4. The molecule has 0 heterocycles. The smallest absolute Gasteiger partial charge is 0.161 e. The summed E-state index contributed by atoms with van der Waals surface area (Å²) in [5.74, 6) is 1.39. The topological polar surface area (TPSA) is 59.3 Å². The molecule has 0 saturated carbocycles. The zero-order valence-electron chi connectivity index (χ0n) is 11.7. The molecule has 104 valence electrons. The minimum absolute atomic E-state index is 0.110. The fourth-order valence-corrected chi connectivity index (χ4v) is 2.54. The minimum atomic E-state index is -0.414. The lowest BCUT2D eigenvalue weighted by Gasteiger charge is -2.31. The third-order valence-electron chi connectivity index (χ3n) is 3.76. The molecule has 20 heavy (non-hydrogen) atoms. The van der Waals surface area contributed by atoms with Crippen molar-refractivity contribution in [2.24, 2.45) is 0 Å². The van der Waals surface area contributed by atoms with Crippen molar-refractivity contribution < 1.29 is 14.3 Å². The van der Waals surface area contributed by atoms with E-state index in [0.29, 0.717) is 30.8 Å². The fourth-order valence-electron chi connectivity index (χ4n) is 2.54. The molecule has 0 aliphatic heterocycles. The first kappa shape index (κ1) is 14.1. The van der Waals surface area contributed by atoms with E-state index in [-0.39, 0.29) is 5.78 Å². The van der Waals surface area contributed by atoms with Crippen molar-refractivity contribution in [1.29, 1.82) is 5.26 Å². The van der Waals surface area contributed by atoms with Crippen LogP contribution in [-0.2, 0) is 10.2 Å². The van der Waals surface area contributed by atoms with Gasteiger partial charge in [-0.15, -0.1) is 0 Å². The number of carbonyl (C=O) groups excluding carboxylic acids is 1. The fraction of sp³-hybridized carbons (Fsp3) is 0.375. The molecule has 0 bridgehead atoms. The van der Waals surface area contributed by atoms with Gasteiger partial charge in [0.05, 0.1) is 20.3 Å². The maximum atomic E-state index is 11.4. The van der Waals surface area contributed by atoms with Crippen LogP contribution in [0.1, 0.15) is 24.8 Å². The van der Waals surface area contributed by atoms with E-state index >= 15 is 0 Å². The molecule has 0 radical (unpaired) electrons. The van der Waals surface area contributed by atoms with Crippen LogP contribution in [0.3, 0.4) is 0 Å². The number of allylic oxidation sites excluding steroid dienone is 2. The van der Waals surface area contributed by atoms with Gasteiger partial charge < -0.3 is 9.47 Å². The van der Waals surface area contributed by atoms with Gasteiger partial charge in [0, 0.05) is 18.3 Å².